The number of rotatable bonds is 5. The largest absolute Gasteiger partial charge is 0.370 e. The fourth-order valence-electron chi connectivity index (χ4n) is 1.43. The number of thiazole rings is 2. The minimum absolute atomic E-state index is 0.0137. The molecule has 0 saturated heterocycles. The summed E-state index contributed by atoms with van der Waals surface area (Å²) in [7, 11) is 0. The average molecular weight is 310 g/mol. The number of aliphatic imine (C=N–C) groups is 1. The number of hydrogen-bond donors (Lipinski definition) is 3. The van der Waals surface area contributed by atoms with Crippen LogP contribution in [0.3, 0.4) is 0 Å². The van der Waals surface area contributed by atoms with Crippen molar-refractivity contribution in [3.05, 3.63) is 15.8 Å². The van der Waals surface area contributed by atoms with E-state index in [1.165, 1.54) is 29.6 Å². The van der Waals surface area contributed by atoms with E-state index < -0.39 is 0 Å². The number of carbonyl (C=O) groups is 1. The minimum atomic E-state index is -0.0387. The Kier molecular flexibility index (Phi) is 4.64. The van der Waals surface area contributed by atoms with E-state index in [2.05, 4.69) is 20.3 Å². The van der Waals surface area contributed by atoms with Gasteiger partial charge < -0.3 is 16.8 Å². The van der Waals surface area contributed by atoms with Gasteiger partial charge in [-0.1, -0.05) is 0 Å². The molecule has 1 amide bonds. The Morgan fingerprint density at radius 1 is 1.30 bits per heavy atom. The summed E-state index contributed by atoms with van der Waals surface area (Å²) in [5.41, 5.74) is 12.1. The van der Waals surface area contributed by atoms with Gasteiger partial charge in [0.2, 0.25) is 11.0 Å². The van der Waals surface area contributed by atoms with Crippen LogP contribution in [0.15, 0.2) is 15.8 Å². The van der Waals surface area contributed by atoms with Crippen LogP contribution in [0.4, 0.5) is 5.13 Å². The molecule has 0 bridgehead atoms. The quantitative estimate of drug-likeness (QED) is 0.558. The van der Waals surface area contributed by atoms with Crippen molar-refractivity contribution in [2.75, 3.05) is 6.54 Å². The van der Waals surface area contributed by atoms with Gasteiger partial charge in [0.25, 0.3) is 0 Å². The molecule has 2 heterocycles. The fraction of sp³-hybridized carbons (Fsp3) is 0.273. The first-order chi connectivity index (χ1) is 9.54. The van der Waals surface area contributed by atoms with E-state index in [0.717, 1.165) is 16.4 Å². The summed E-state index contributed by atoms with van der Waals surface area (Å²) in [6.45, 7) is 2.08. The van der Waals surface area contributed by atoms with E-state index in [1.807, 2.05) is 10.8 Å². The van der Waals surface area contributed by atoms with Crippen molar-refractivity contribution in [3.63, 3.8) is 0 Å². The summed E-state index contributed by atoms with van der Waals surface area (Å²) in [4.78, 5) is 23.4. The predicted octanol–water partition coefficient (Wildman–Crippen LogP) is 0.850. The van der Waals surface area contributed by atoms with Crippen molar-refractivity contribution < 1.29 is 4.79 Å². The maximum atomic E-state index is 10.8. The monoisotopic (exact) mass is 310 g/mol. The number of aromatic nitrogens is 2. The molecule has 0 aliphatic rings. The van der Waals surface area contributed by atoms with E-state index in [4.69, 9.17) is 11.5 Å². The topological polar surface area (TPSA) is 119 Å². The van der Waals surface area contributed by atoms with Gasteiger partial charge in [-0.05, 0) is 0 Å². The summed E-state index contributed by atoms with van der Waals surface area (Å²) in [5.74, 6) is -0.0525. The molecule has 106 valence electrons. The SMILES string of the molecule is CC(=O)NCCc1nc(-c2csc(N=C(N)N)n2)cs1. The number of nitrogens with two attached hydrogens (primary N) is 2. The molecule has 5 N–H and O–H groups in total. The zero-order chi connectivity index (χ0) is 14.5. The third-order valence-corrected chi connectivity index (χ3v) is 3.89. The van der Waals surface area contributed by atoms with Crippen molar-refractivity contribution >= 4 is 39.7 Å². The molecule has 0 aliphatic carbocycles. The Hall–Kier alpha value is -2.00. The lowest BCUT2D eigenvalue weighted by molar-refractivity contribution is -0.118. The van der Waals surface area contributed by atoms with Crippen LogP contribution < -0.4 is 16.8 Å². The maximum Gasteiger partial charge on any atom is 0.216 e. The van der Waals surface area contributed by atoms with Crippen molar-refractivity contribution in [2.24, 2.45) is 16.5 Å². The molecule has 0 aromatic carbocycles. The van der Waals surface area contributed by atoms with Gasteiger partial charge in [0.15, 0.2) is 5.96 Å². The van der Waals surface area contributed by atoms with Crippen LogP contribution in [0.25, 0.3) is 11.4 Å². The molecule has 0 fully saturated rings. The summed E-state index contributed by atoms with van der Waals surface area (Å²) >= 11 is 2.89. The number of hydrogen-bond acceptors (Lipinski definition) is 6. The summed E-state index contributed by atoms with van der Waals surface area (Å²) in [5, 5.41) is 7.98. The number of guanidine groups is 1. The Balaban J connectivity index is 2.03. The Labute approximate surface area is 123 Å². The molecule has 0 unspecified atom stereocenters. The third-order valence-electron chi connectivity index (χ3n) is 2.24. The van der Waals surface area contributed by atoms with Gasteiger partial charge in [0.1, 0.15) is 11.4 Å². The molecule has 0 aliphatic heterocycles. The molecule has 0 saturated carbocycles. The summed E-state index contributed by atoms with van der Waals surface area (Å²) in [6.07, 6.45) is 0.704. The molecule has 2 aromatic heterocycles. The van der Waals surface area contributed by atoms with Crippen LogP contribution in [-0.2, 0) is 11.2 Å². The highest BCUT2D eigenvalue weighted by molar-refractivity contribution is 7.13. The Morgan fingerprint density at radius 2 is 2.00 bits per heavy atom. The average Bonchev–Trinajstić information content (AvgIpc) is 2.96. The maximum absolute atomic E-state index is 10.8. The van der Waals surface area contributed by atoms with Gasteiger partial charge in [0, 0.05) is 30.6 Å². The second kappa shape index (κ2) is 6.44. The highest BCUT2D eigenvalue weighted by Crippen LogP contribution is 2.27. The third kappa shape index (κ3) is 4.00. The summed E-state index contributed by atoms with van der Waals surface area (Å²) in [6, 6.07) is 0. The van der Waals surface area contributed by atoms with Gasteiger partial charge in [0.05, 0.1) is 5.01 Å². The number of amides is 1. The van der Waals surface area contributed by atoms with E-state index >= 15 is 0 Å². The van der Waals surface area contributed by atoms with Gasteiger partial charge in [-0.3, -0.25) is 4.79 Å². The van der Waals surface area contributed by atoms with Crippen LogP contribution in [0.2, 0.25) is 0 Å². The zero-order valence-electron chi connectivity index (χ0n) is 10.8. The van der Waals surface area contributed by atoms with Crippen LogP contribution in [0.1, 0.15) is 11.9 Å². The van der Waals surface area contributed by atoms with Crippen molar-refractivity contribution in [2.45, 2.75) is 13.3 Å². The standard InChI is InChI=1S/C11H14N6OS2/c1-6(18)14-3-2-9-15-7(4-19-9)8-5-20-11(16-8)17-10(12)13/h4-5H,2-3H2,1H3,(H,14,18)(H4,12,13,16,17). The zero-order valence-corrected chi connectivity index (χ0v) is 12.4. The first-order valence-electron chi connectivity index (χ1n) is 5.79. The normalized spacial score (nSPS) is 10.2. The molecule has 0 atom stereocenters. The summed E-state index contributed by atoms with van der Waals surface area (Å²) < 4.78 is 0. The van der Waals surface area contributed by atoms with Crippen LogP contribution in [0, 0.1) is 0 Å². The first-order valence-corrected chi connectivity index (χ1v) is 7.55. The lowest BCUT2D eigenvalue weighted by Crippen LogP contribution is -2.22. The lowest BCUT2D eigenvalue weighted by Gasteiger charge is -1.97. The lowest BCUT2D eigenvalue weighted by atomic mass is 10.4. The van der Waals surface area contributed by atoms with E-state index in [-0.39, 0.29) is 11.9 Å². The van der Waals surface area contributed by atoms with E-state index in [1.54, 1.807) is 0 Å². The molecular weight excluding hydrogens is 296 g/mol. The fourth-order valence-corrected chi connectivity index (χ4v) is 2.92. The van der Waals surface area contributed by atoms with Crippen LogP contribution in [-0.4, -0.2) is 28.4 Å². The highest BCUT2D eigenvalue weighted by Gasteiger charge is 2.09. The Bertz CT molecular complexity index is 628. The van der Waals surface area contributed by atoms with Gasteiger partial charge in [-0.25, -0.2) is 9.97 Å². The molecule has 2 aromatic rings. The second-order valence-electron chi connectivity index (χ2n) is 3.91. The van der Waals surface area contributed by atoms with Crippen LogP contribution >= 0.6 is 22.7 Å². The molecule has 7 nitrogen and oxygen atoms in total. The van der Waals surface area contributed by atoms with Gasteiger partial charge >= 0.3 is 0 Å². The van der Waals surface area contributed by atoms with Gasteiger partial charge in [-0.15, -0.1) is 22.7 Å². The van der Waals surface area contributed by atoms with Crippen molar-refractivity contribution in [1.82, 2.24) is 15.3 Å². The van der Waals surface area contributed by atoms with Crippen molar-refractivity contribution in [1.29, 1.82) is 0 Å². The molecule has 2 rings (SSSR count). The number of nitrogens with zero attached hydrogens (tertiary/aromatic N) is 3. The molecule has 0 spiro atoms. The van der Waals surface area contributed by atoms with E-state index in [9.17, 15) is 4.79 Å². The molecule has 20 heavy (non-hydrogen) atoms. The van der Waals surface area contributed by atoms with E-state index in [0.29, 0.717) is 18.1 Å². The molecular formula is C11H14N6OS2. The smallest absolute Gasteiger partial charge is 0.216 e. The highest BCUT2D eigenvalue weighted by atomic mass is 32.1. The first kappa shape index (κ1) is 14.4. The minimum Gasteiger partial charge on any atom is -0.370 e. The molecule has 0 radical (unpaired) electrons. The molecule has 9 heteroatoms. The van der Waals surface area contributed by atoms with Gasteiger partial charge in [-0.2, -0.15) is 4.99 Å². The predicted molar refractivity (Wildman–Crippen MR) is 81.1 cm³/mol. The second-order valence-corrected chi connectivity index (χ2v) is 5.69. The number of nitrogens with one attached hydrogen (secondary N) is 1. The van der Waals surface area contributed by atoms with Crippen LogP contribution in [0.5, 0.6) is 0 Å². The number of carbonyl (C=O) groups excluding carboxylic acids is 1. The Morgan fingerprint density at radius 3 is 2.70 bits per heavy atom. The van der Waals surface area contributed by atoms with Crippen molar-refractivity contribution in [3.8, 4) is 11.4 Å².